The second kappa shape index (κ2) is 5.87. The summed E-state index contributed by atoms with van der Waals surface area (Å²) >= 11 is 1.77. The van der Waals surface area contributed by atoms with Crippen LogP contribution in [0.3, 0.4) is 0 Å². The number of halogens is 1. The van der Waals surface area contributed by atoms with Crippen molar-refractivity contribution < 1.29 is 9.13 Å². The first-order valence-corrected chi connectivity index (χ1v) is 8.42. The molecule has 3 nitrogen and oxygen atoms in total. The van der Waals surface area contributed by atoms with Crippen LogP contribution >= 0.6 is 11.8 Å². The smallest absolute Gasteiger partial charge is 0.165 e. The van der Waals surface area contributed by atoms with Crippen LogP contribution in [0.1, 0.15) is 32.6 Å². The maximum absolute atomic E-state index is 13.4. The summed E-state index contributed by atoms with van der Waals surface area (Å²) in [5, 5.41) is 4.23. The lowest BCUT2D eigenvalue weighted by molar-refractivity contribution is 0.273. The van der Waals surface area contributed by atoms with Crippen molar-refractivity contribution in [1.29, 1.82) is 0 Å². The van der Waals surface area contributed by atoms with Gasteiger partial charge in [-0.2, -0.15) is 0 Å². The molecule has 2 aliphatic rings. The third kappa shape index (κ3) is 3.18. The monoisotopic (exact) mass is 308 g/mol. The maximum Gasteiger partial charge on any atom is 0.165 e. The SMILES string of the molecule is COc1cc(NC2=NC3(CCC(C)CC3)CS2)ccc1F. The summed E-state index contributed by atoms with van der Waals surface area (Å²) in [4.78, 5) is 4.92. The number of nitrogens with one attached hydrogen (secondary N) is 1. The van der Waals surface area contributed by atoms with E-state index in [1.807, 2.05) is 0 Å². The average molecular weight is 308 g/mol. The van der Waals surface area contributed by atoms with Gasteiger partial charge in [0.25, 0.3) is 0 Å². The Balaban J connectivity index is 1.71. The van der Waals surface area contributed by atoms with Gasteiger partial charge >= 0.3 is 0 Å². The molecule has 0 bridgehead atoms. The zero-order chi connectivity index (χ0) is 14.9. The second-order valence-electron chi connectivity index (χ2n) is 6.09. The summed E-state index contributed by atoms with van der Waals surface area (Å²) in [6, 6.07) is 4.81. The molecule has 0 radical (unpaired) electrons. The van der Waals surface area contributed by atoms with Crippen molar-refractivity contribution in [1.82, 2.24) is 0 Å². The van der Waals surface area contributed by atoms with Crippen LogP contribution in [0.25, 0.3) is 0 Å². The van der Waals surface area contributed by atoms with Gasteiger partial charge in [0.2, 0.25) is 0 Å². The van der Waals surface area contributed by atoms with Crippen LogP contribution in [0.15, 0.2) is 23.2 Å². The lowest BCUT2D eigenvalue weighted by Crippen LogP contribution is -2.32. The van der Waals surface area contributed by atoms with Crippen molar-refractivity contribution >= 4 is 22.6 Å². The van der Waals surface area contributed by atoms with Crippen LogP contribution in [-0.2, 0) is 0 Å². The summed E-state index contributed by atoms with van der Waals surface area (Å²) < 4.78 is 18.4. The van der Waals surface area contributed by atoms with E-state index in [2.05, 4.69) is 12.2 Å². The Bertz CT molecular complexity index is 553. The highest BCUT2D eigenvalue weighted by Gasteiger charge is 2.38. The van der Waals surface area contributed by atoms with Crippen molar-refractivity contribution in [2.75, 3.05) is 18.2 Å². The van der Waals surface area contributed by atoms with Gasteiger partial charge in [-0.25, -0.2) is 4.39 Å². The Morgan fingerprint density at radius 1 is 1.38 bits per heavy atom. The maximum atomic E-state index is 13.4. The van der Waals surface area contributed by atoms with Gasteiger partial charge in [0.15, 0.2) is 16.7 Å². The van der Waals surface area contributed by atoms with Gasteiger partial charge in [-0.3, -0.25) is 4.99 Å². The number of hydrogen-bond acceptors (Lipinski definition) is 4. The highest BCUT2D eigenvalue weighted by atomic mass is 32.2. The lowest BCUT2D eigenvalue weighted by Gasteiger charge is -2.32. The van der Waals surface area contributed by atoms with Gasteiger partial charge < -0.3 is 10.1 Å². The summed E-state index contributed by atoms with van der Waals surface area (Å²) in [6.07, 6.45) is 4.89. The average Bonchev–Trinajstić information content (AvgIpc) is 2.87. The molecule has 1 spiro atoms. The van der Waals surface area contributed by atoms with Crippen LogP contribution in [0, 0.1) is 11.7 Å². The number of nitrogens with zero attached hydrogens (tertiary/aromatic N) is 1. The van der Waals surface area contributed by atoms with Gasteiger partial charge in [0, 0.05) is 17.5 Å². The quantitative estimate of drug-likeness (QED) is 0.884. The van der Waals surface area contributed by atoms with Crippen LogP contribution in [0.2, 0.25) is 0 Å². The fourth-order valence-electron chi connectivity index (χ4n) is 2.96. The predicted molar refractivity (Wildman–Crippen MR) is 86.8 cm³/mol. The molecule has 0 amide bonds. The zero-order valence-corrected chi connectivity index (χ0v) is 13.3. The number of aliphatic imine (C=N–C) groups is 1. The molecule has 0 aromatic heterocycles. The number of ether oxygens (including phenoxy) is 1. The molecule has 1 N–H and O–H groups in total. The number of hydrogen-bond donors (Lipinski definition) is 1. The summed E-state index contributed by atoms with van der Waals surface area (Å²) in [5.41, 5.74) is 0.949. The van der Waals surface area contributed by atoms with Gasteiger partial charge in [0.05, 0.1) is 12.6 Å². The molecular weight excluding hydrogens is 287 g/mol. The number of thioether (sulfide) groups is 1. The second-order valence-corrected chi connectivity index (χ2v) is 7.05. The van der Waals surface area contributed by atoms with E-state index in [-0.39, 0.29) is 17.1 Å². The minimum atomic E-state index is -0.346. The number of methoxy groups -OCH3 is 1. The molecule has 1 heterocycles. The summed E-state index contributed by atoms with van der Waals surface area (Å²) in [5.74, 6) is 1.79. The molecular formula is C16H21FN2OS. The predicted octanol–water partition coefficient (Wildman–Crippen LogP) is 4.30. The van der Waals surface area contributed by atoms with Crippen molar-refractivity contribution in [3.05, 3.63) is 24.0 Å². The number of rotatable bonds is 2. The Kier molecular flexibility index (Phi) is 4.11. The highest BCUT2D eigenvalue weighted by molar-refractivity contribution is 8.14. The largest absolute Gasteiger partial charge is 0.494 e. The van der Waals surface area contributed by atoms with E-state index < -0.39 is 0 Å². The Morgan fingerprint density at radius 3 is 2.86 bits per heavy atom. The fraction of sp³-hybridized carbons (Fsp3) is 0.562. The van der Waals surface area contributed by atoms with E-state index in [1.54, 1.807) is 23.9 Å². The summed E-state index contributed by atoms with van der Waals surface area (Å²) in [7, 11) is 1.47. The first kappa shape index (κ1) is 14.7. The normalized spacial score (nSPS) is 28.5. The standard InChI is InChI=1S/C16H21FN2OS/c1-11-5-7-16(8-6-11)10-21-15(19-16)18-12-3-4-13(17)14(9-12)20-2/h3-4,9,11H,5-8,10H2,1-2H3,(H,18,19). The van der Waals surface area contributed by atoms with E-state index in [9.17, 15) is 4.39 Å². The number of amidine groups is 1. The molecule has 0 atom stereocenters. The minimum absolute atomic E-state index is 0.129. The van der Waals surface area contributed by atoms with Crippen molar-refractivity contribution in [2.24, 2.45) is 10.9 Å². The van der Waals surface area contributed by atoms with Crippen LogP contribution in [0.5, 0.6) is 5.75 Å². The third-order valence-corrected chi connectivity index (χ3v) is 5.57. The molecule has 0 saturated heterocycles. The molecule has 1 aliphatic heterocycles. The summed E-state index contributed by atoms with van der Waals surface area (Å²) in [6.45, 7) is 2.32. The molecule has 0 unspecified atom stereocenters. The lowest BCUT2D eigenvalue weighted by atomic mass is 9.79. The molecule has 114 valence electrons. The molecule has 5 heteroatoms. The molecule has 1 aliphatic carbocycles. The fourth-order valence-corrected chi connectivity index (χ4v) is 4.17. The van der Waals surface area contributed by atoms with Gasteiger partial charge in [-0.05, 0) is 43.7 Å². The molecule has 1 aromatic carbocycles. The van der Waals surface area contributed by atoms with E-state index in [0.29, 0.717) is 0 Å². The minimum Gasteiger partial charge on any atom is -0.494 e. The Labute approximate surface area is 129 Å². The number of benzene rings is 1. The topological polar surface area (TPSA) is 33.6 Å². The first-order chi connectivity index (χ1) is 10.1. The highest BCUT2D eigenvalue weighted by Crippen LogP contribution is 2.41. The van der Waals surface area contributed by atoms with Gasteiger partial charge in [0.1, 0.15) is 0 Å². The van der Waals surface area contributed by atoms with Crippen LogP contribution in [0.4, 0.5) is 10.1 Å². The molecule has 21 heavy (non-hydrogen) atoms. The van der Waals surface area contributed by atoms with Crippen LogP contribution < -0.4 is 10.1 Å². The molecule has 1 saturated carbocycles. The van der Waals surface area contributed by atoms with Gasteiger partial charge in [-0.1, -0.05) is 18.7 Å². The van der Waals surface area contributed by atoms with E-state index in [4.69, 9.17) is 9.73 Å². The van der Waals surface area contributed by atoms with E-state index in [0.717, 1.165) is 22.5 Å². The Morgan fingerprint density at radius 2 is 2.14 bits per heavy atom. The molecule has 1 aromatic rings. The van der Waals surface area contributed by atoms with Crippen molar-refractivity contribution in [3.63, 3.8) is 0 Å². The number of anilines is 1. The van der Waals surface area contributed by atoms with E-state index in [1.165, 1.54) is 38.9 Å². The molecule has 3 rings (SSSR count). The third-order valence-electron chi connectivity index (χ3n) is 4.42. The molecule has 1 fully saturated rings. The Hall–Kier alpha value is -1.23. The van der Waals surface area contributed by atoms with Crippen molar-refractivity contribution in [2.45, 2.75) is 38.1 Å². The van der Waals surface area contributed by atoms with Crippen molar-refractivity contribution in [3.8, 4) is 5.75 Å². The first-order valence-electron chi connectivity index (χ1n) is 7.43. The van der Waals surface area contributed by atoms with E-state index >= 15 is 0 Å². The van der Waals surface area contributed by atoms with Gasteiger partial charge in [-0.15, -0.1) is 0 Å². The zero-order valence-electron chi connectivity index (χ0n) is 12.5. The van der Waals surface area contributed by atoms with Crippen LogP contribution in [-0.4, -0.2) is 23.6 Å².